The number of benzene rings is 1. The first kappa shape index (κ1) is 15.7. The zero-order valence-electron chi connectivity index (χ0n) is 13.9. The number of halogens is 1. The molecule has 0 aliphatic heterocycles. The largest absolute Gasteiger partial charge is 0.324 e. The lowest BCUT2D eigenvalue weighted by Gasteiger charge is -2.23. The van der Waals surface area contributed by atoms with E-state index in [0.717, 1.165) is 24.3 Å². The van der Waals surface area contributed by atoms with Gasteiger partial charge in [-0.1, -0.05) is 18.6 Å². The van der Waals surface area contributed by atoms with Crippen LogP contribution in [0.1, 0.15) is 49.4 Å². The van der Waals surface area contributed by atoms with Gasteiger partial charge in [-0.3, -0.25) is 9.20 Å². The summed E-state index contributed by atoms with van der Waals surface area (Å²) in [6, 6.07) is 9.79. The molecule has 5 nitrogen and oxygen atoms in total. The summed E-state index contributed by atoms with van der Waals surface area (Å²) in [5.41, 5.74) is 2.11. The van der Waals surface area contributed by atoms with Gasteiger partial charge in [-0.05, 0) is 49.6 Å². The highest BCUT2D eigenvalue weighted by molar-refractivity contribution is 5.95. The Hall–Kier alpha value is -2.76. The number of hydrogen-bond acceptors (Lipinski definition) is 3. The summed E-state index contributed by atoms with van der Waals surface area (Å²) < 4.78 is 15.3. The average Bonchev–Trinajstić information content (AvgIpc) is 2.96. The monoisotopic (exact) mass is 338 g/mol. The lowest BCUT2D eigenvalue weighted by molar-refractivity contribution is -0.117. The number of rotatable bonds is 4. The molecule has 0 bridgehead atoms. The van der Waals surface area contributed by atoms with Crippen molar-refractivity contribution in [1.82, 2.24) is 14.6 Å². The SMILES string of the molecule is CC(C(=O)Nc1ccc2nnc(C3CCC3)n2c1)c1cccc(F)c1. The van der Waals surface area contributed by atoms with Gasteiger partial charge in [0.05, 0.1) is 11.6 Å². The van der Waals surface area contributed by atoms with Gasteiger partial charge in [-0.15, -0.1) is 10.2 Å². The fraction of sp³-hybridized carbons (Fsp3) is 0.316. The van der Waals surface area contributed by atoms with Crippen molar-refractivity contribution >= 4 is 17.2 Å². The molecule has 1 atom stereocenters. The third kappa shape index (κ3) is 2.99. The summed E-state index contributed by atoms with van der Waals surface area (Å²) in [5.74, 6) is 0.442. The zero-order chi connectivity index (χ0) is 17.4. The lowest BCUT2D eigenvalue weighted by atomic mass is 9.85. The van der Waals surface area contributed by atoms with Crippen molar-refractivity contribution in [2.75, 3.05) is 5.32 Å². The Balaban J connectivity index is 1.56. The van der Waals surface area contributed by atoms with Crippen molar-refractivity contribution in [2.45, 2.75) is 38.0 Å². The van der Waals surface area contributed by atoms with E-state index < -0.39 is 5.92 Å². The van der Waals surface area contributed by atoms with Gasteiger partial charge >= 0.3 is 0 Å². The summed E-state index contributed by atoms with van der Waals surface area (Å²) in [7, 11) is 0. The number of aromatic nitrogens is 3. The molecule has 2 heterocycles. The van der Waals surface area contributed by atoms with Crippen LogP contribution in [0.4, 0.5) is 10.1 Å². The van der Waals surface area contributed by atoms with Gasteiger partial charge in [0.2, 0.25) is 5.91 Å². The van der Waals surface area contributed by atoms with Crippen molar-refractivity contribution in [1.29, 1.82) is 0 Å². The molecule has 2 aromatic heterocycles. The predicted octanol–water partition coefficient (Wildman–Crippen LogP) is 3.88. The summed E-state index contributed by atoms with van der Waals surface area (Å²) in [6.45, 7) is 1.77. The van der Waals surface area contributed by atoms with E-state index in [2.05, 4.69) is 15.5 Å². The highest BCUT2D eigenvalue weighted by Gasteiger charge is 2.24. The van der Waals surface area contributed by atoms with Gasteiger partial charge in [0.1, 0.15) is 11.6 Å². The summed E-state index contributed by atoms with van der Waals surface area (Å²) in [6.07, 6.45) is 5.35. The van der Waals surface area contributed by atoms with E-state index in [1.54, 1.807) is 19.1 Å². The van der Waals surface area contributed by atoms with E-state index in [-0.39, 0.29) is 11.7 Å². The second kappa shape index (κ2) is 6.27. The molecule has 1 aromatic carbocycles. The Kier molecular flexibility index (Phi) is 3.95. The van der Waals surface area contributed by atoms with Crippen LogP contribution in [0, 0.1) is 5.82 Å². The standard InChI is InChI=1S/C19H19FN4O/c1-12(14-6-3-7-15(20)10-14)19(25)21-16-8-9-17-22-23-18(24(17)11-16)13-4-2-5-13/h3,6-13H,2,4-5H2,1H3,(H,21,25). The summed E-state index contributed by atoms with van der Waals surface area (Å²) in [4.78, 5) is 12.5. The molecule has 1 aliphatic carbocycles. The third-order valence-corrected chi connectivity index (χ3v) is 4.91. The number of carbonyl (C=O) groups is 1. The molecule has 1 unspecified atom stereocenters. The average molecular weight is 338 g/mol. The first-order chi connectivity index (χ1) is 12.1. The molecule has 3 aromatic rings. The normalized spacial score (nSPS) is 15.8. The summed E-state index contributed by atoms with van der Waals surface area (Å²) in [5, 5.41) is 11.4. The van der Waals surface area contributed by atoms with Crippen LogP contribution in [0.2, 0.25) is 0 Å². The fourth-order valence-electron chi connectivity index (χ4n) is 3.11. The second-order valence-corrected chi connectivity index (χ2v) is 6.60. The van der Waals surface area contributed by atoms with Gasteiger partial charge < -0.3 is 5.32 Å². The number of nitrogens with one attached hydrogen (secondary N) is 1. The number of hydrogen-bond donors (Lipinski definition) is 1. The topological polar surface area (TPSA) is 59.3 Å². The van der Waals surface area contributed by atoms with Crippen LogP contribution in [-0.2, 0) is 4.79 Å². The Morgan fingerprint density at radius 3 is 2.84 bits per heavy atom. The number of pyridine rings is 1. The van der Waals surface area contributed by atoms with Crippen LogP contribution in [0.3, 0.4) is 0 Å². The minimum Gasteiger partial charge on any atom is -0.324 e. The van der Waals surface area contributed by atoms with Crippen LogP contribution < -0.4 is 5.32 Å². The number of amides is 1. The van der Waals surface area contributed by atoms with Gasteiger partial charge in [-0.25, -0.2) is 4.39 Å². The van der Waals surface area contributed by atoms with E-state index in [1.807, 2.05) is 22.7 Å². The van der Waals surface area contributed by atoms with Crippen molar-refractivity contribution in [3.8, 4) is 0 Å². The highest BCUT2D eigenvalue weighted by atomic mass is 19.1. The Morgan fingerprint density at radius 1 is 1.28 bits per heavy atom. The van der Waals surface area contributed by atoms with Gasteiger partial charge in [0.15, 0.2) is 5.65 Å². The van der Waals surface area contributed by atoms with Crippen LogP contribution in [-0.4, -0.2) is 20.5 Å². The fourth-order valence-corrected chi connectivity index (χ4v) is 3.11. The molecular formula is C19H19FN4O. The van der Waals surface area contributed by atoms with E-state index in [4.69, 9.17) is 0 Å². The maximum Gasteiger partial charge on any atom is 0.231 e. The van der Waals surface area contributed by atoms with Crippen molar-refractivity contribution in [2.24, 2.45) is 0 Å². The first-order valence-electron chi connectivity index (χ1n) is 8.53. The molecule has 0 spiro atoms. The molecule has 1 N–H and O–H groups in total. The minimum atomic E-state index is -0.446. The zero-order valence-corrected chi connectivity index (χ0v) is 13.9. The van der Waals surface area contributed by atoms with Crippen LogP contribution in [0.25, 0.3) is 5.65 Å². The predicted molar refractivity (Wildman–Crippen MR) is 93.0 cm³/mol. The maximum atomic E-state index is 13.4. The van der Waals surface area contributed by atoms with E-state index in [9.17, 15) is 9.18 Å². The molecule has 1 fully saturated rings. The molecule has 1 saturated carbocycles. The second-order valence-electron chi connectivity index (χ2n) is 6.60. The van der Waals surface area contributed by atoms with Crippen molar-refractivity contribution < 1.29 is 9.18 Å². The highest BCUT2D eigenvalue weighted by Crippen LogP contribution is 2.35. The smallest absolute Gasteiger partial charge is 0.231 e. The van der Waals surface area contributed by atoms with Gasteiger partial charge in [-0.2, -0.15) is 0 Å². The molecular weight excluding hydrogens is 319 g/mol. The van der Waals surface area contributed by atoms with Crippen LogP contribution >= 0.6 is 0 Å². The molecule has 1 amide bonds. The maximum absolute atomic E-state index is 13.4. The van der Waals surface area contributed by atoms with E-state index in [1.165, 1.54) is 18.6 Å². The van der Waals surface area contributed by atoms with Crippen LogP contribution in [0.5, 0.6) is 0 Å². The van der Waals surface area contributed by atoms with Gasteiger partial charge in [0, 0.05) is 12.1 Å². The number of nitrogens with zero attached hydrogens (tertiary/aromatic N) is 3. The van der Waals surface area contributed by atoms with E-state index >= 15 is 0 Å². The molecule has 1 aliphatic rings. The number of carbonyl (C=O) groups excluding carboxylic acids is 1. The molecule has 6 heteroatoms. The lowest BCUT2D eigenvalue weighted by Crippen LogP contribution is -2.19. The first-order valence-corrected chi connectivity index (χ1v) is 8.53. The number of fused-ring (bicyclic) bond motifs is 1. The van der Waals surface area contributed by atoms with Gasteiger partial charge in [0.25, 0.3) is 0 Å². The molecule has 128 valence electrons. The quantitative estimate of drug-likeness (QED) is 0.785. The summed E-state index contributed by atoms with van der Waals surface area (Å²) >= 11 is 0. The Labute approximate surface area is 144 Å². The van der Waals surface area contributed by atoms with Crippen molar-refractivity contribution in [3.63, 3.8) is 0 Å². The minimum absolute atomic E-state index is 0.178. The Morgan fingerprint density at radius 2 is 2.12 bits per heavy atom. The molecule has 0 saturated heterocycles. The third-order valence-electron chi connectivity index (χ3n) is 4.91. The Bertz CT molecular complexity index is 932. The molecule has 4 rings (SSSR count). The molecule has 0 radical (unpaired) electrons. The number of anilines is 1. The van der Waals surface area contributed by atoms with Crippen LogP contribution in [0.15, 0.2) is 42.6 Å². The van der Waals surface area contributed by atoms with E-state index in [0.29, 0.717) is 17.2 Å². The molecule has 25 heavy (non-hydrogen) atoms. The van der Waals surface area contributed by atoms with Crippen molar-refractivity contribution in [3.05, 3.63) is 59.8 Å².